The molecule has 0 aliphatic rings. The van der Waals surface area contributed by atoms with Crippen molar-refractivity contribution in [3.8, 4) is 0 Å². The molecule has 0 aliphatic heterocycles. The molecule has 0 spiro atoms. The Morgan fingerprint density at radius 3 is 2.67 bits per heavy atom. The van der Waals surface area contributed by atoms with E-state index >= 15 is 0 Å². The lowest BCUT2D eigenvalue weighted by molar-refractivity contribution is -0.139. The molecule has 2 N–H and O–H groups in total. The van der Waals surface area contributed by atoms with Gasteiger partial charge in [0.05, 0.1) is 11.2 Å². The van der Waals surface area contributed by atoms with Crippen LogP contribution in [0.3, 0.4) is 0 Å². The predicted octanol–water partition coefficient (Wildman–Crippen LogP) is 2.40. The third-order valence-corrected chi connectivity index (χ3v) is 2.98. The van der Waals surface area contributed by atoms with Crippen molar-refractivity contribution in [2.75, 3.05) is 0 Å². The lowest BCUT2D eigenvalue weighted by atomic mass is 10.2. The number of nitrogens with one attached hydrogen (secondary N) is 1. The van der Waals surface area contributed by atoms with E-state index < -0.39 is 17.9 Å². The van der Waals surface area contributed by atoms with Crippen LogP contribution in [0.2, 0.25) is 5.02 Å². The number of carboxylic acids is 1. The van der Waals surface area contributed by atoms with E-state index in [-0.39, 0.29) is 23.1 Å². The van der Waals surface area contributed by atoms with E-state index in [1.54, 1.807) is 19.1 Å². The van der Waals surface area contributed by atoms with Crippen LogP contribution in [0.25, 0.3) is 0 Å². The molecule has 0 saturated carbocycles. The van der Waals surface area contributed by atoms with Crippen LogP contribution >= 0.6 is 11.6 Å². The molecule has 114 valence electrons. The second kappa shape index (κ2) is 7.73. The molecule has 1 heterocycles. The van der Waals surface area contributed by atoms with Gasteiger partial charge < -0.3 is 10.4 Å². The minimum Gasteiger partial charge on any atom is -0.480 e. The van der Waals surface area contributed by atoms with Crippen LogP contribution in [0.1, 0.15) is 49.4 Å². The molecule has 0 fully saturated rings. The van der Waals surface area contributed by atoms with Crippen LogP contribution < -0.4 is 5.32 Å². The van der Waals surface area contributed by atoms with Gasteiger partial charge in [0.1, 0.15) is 17.6 Å². The van der Waals surface area contributed by atoms with Gasteiger partial charge in [0.25, 0.3) is 5.91 Å². The van der Waals surface area contributed by atoms with Crippen molar-refractivity contribution < 1.29 is 14.7 Å². The molecule has 0 aliphatic carbocycles. The van der Waals surface area contributed by atoms with Gasteiger partial charge in [0.15, 0.2) is 0 Å². The second-order valence-electron chi connectivity index (χ2n) is 4.75. The van der Waals surface area contributed by atoms with Crippen molar-refractivity contribution in [1.82, 2.24) is 15.3 Å². The van der Waals surface area contributed by atoms with E-state index in [1.165, 1.54) is 6.20 Å². The summed E-state index contributed by atoms with van der Waals surface area (Å²) in [5.74, 6) is -1.23. The number of halogens is 1. The first kappa shape index (κ1) is 17.1. The van der Waals surface area contributed by atoms with E-state index in [2.05, 4.69) is 15.3 Å². The van der Waals surface area contributed by atoms with Crippen molar-refractivity contribution in [1.29, 1.82) is 0 Å². The Bertz CT molecular complexity index is 558. The molecule has 6 nitrogen and oxygen atoms in total. The van der Waals surface area contributed by atoms with Crippen LogP contribution in [0, 0.1) is 0 Å². The molecule has 0 aromatic carbocycles. The van der Waals surface area contributed by atoms with Gasteiger partial charge in [0.2, 0.25) is 0 Å². The zero-order chi connectivity index (χ0) is 16.0. The number of carbonyl (C=O) groups is 2. The summed E-state index contributed by atoms with van der Waals surface area (Å²) in [7, 11) is 0. The summed E-state index contributed by atoms with van der Waals surface area (Å²) < 4.78 is 0. The number of allylic oxidation sites excluding steroid dienone is 1. The highest BCUT2D eigenvalue weighted by atomic mass is 35.5. The highest BCUT2D eigenvalue weighted by Crippen LogP contribution is 2.16. The summed E-state index contributed by atoms with van der Waals surface area (Å²) in [5.41, 5.74) is -0.0119. The number of rotatable bonds is 6. The van der Waals surface area contributed by atoms with E-state index in [4.69, 9.17) is 16.7 Å². The molecule has 0 bridgehead atoms. The van der Waals surface area contributed by atoms with Gasteiger partial charge in [-0.2, -0.15) is 0 Å². The Morgan fingerprint density at radius 1 is 1.48 bits per heavy atom. The van der Waals surface area contributed by atoms with Crippen LogP contribution in [-0.4, -0.2) is 33.0 Å². The number of carboxylic acid groups (broad SMARTS) is 1. The van der Waals surface area contributed by atoms with Crippen molar-refractivity contribution >= 4 is 23.5 Å². The van der Waals surface area contributed by atoms with Crippen LogP contribution in [0.4, 0.5) is 0 Å². The normalized spacial score (nSPS) is 12.6. The summed E-state index contributed by atoms with van der Waals surface area (Å²) in [6.45, 7) is 5.55. The Balaban J connectivity index is 2.96. The Labute approximate surface area is 128 Å². The molecule has 21 heavy (non-hydrogen) atoms. The summed E-state index contributed by atoms with van der Waals surface area (Å²) in [6.07, 6.45) is 4.93. The van der Waals surface area contributed by atoms with Gasteiger partial charge in [0, 0.05) is 5.92 Å². The maximum absolute atomic E-state index is 12.1. The fourth-order valence-corrected chi connectivity index (χ4v) is 1.72. The predicted molar refractivity (Wildman–Crippen MR) is 79.5 cm³/mol. The van der Waals surface area contributed by atoms with E-state index in [9.17, 15) is 9.59 Å². The lowest BCUT2D eigenvalue weighted by Gasteiger charge is -2.13. The minimum atomic E-state index is -1.12. The second-order valence-corrected chi connectivity index (χ2v) is 5.16. The van der Waals surface area contributed by atoms with Crippen LogP contribution in [0.15, 0.2) is 18.3 Å². The number of hydrogen-bond acceptors (Lipinski definition) is 4. The summed E-state index contributed by atoms with van der Waals surface area (Å²) in [4.78, 5) is 31.4. The molecule has 1 unspecified atom stereocenters. The number of nitrogens with zero attached hydrogens (tertiary/aromatic N) is 2. The molecule has 7 heteroatoms. The number of hydrogen-bond donors (Lipinski definition) is 2. The number of aromatic nitrogens is 2. The number of aliphatic carboxylic acids is 1. The third kappa shape index (κ3) is 4.82. The number of carbonyl (C=O) groups excluding carboxylic acids is 1. The first-order valence-corrected chi connectivity index (χ1v) is 6.91. The Kier molecular flexibility index (Phi) is 6.30. The third-order valence-electron chi connectivity index (χ3n) is 2.71. The average Bonchev–Trinajstić information content (AvgIpc) is 2.42. The van der Waals surface area contributed by atoms with Crippen molar-refractivity contribution in [3.63, 3.8) is 0 Å². The molecule has 1 aromatic rings. The maximum atomic E-state index is 12.1. The van der Waals surface area contributed by atoms with Gasteiger partial charge in [-0.3, -0.25) is 4.79 Å². The summed E-state index contributed by atoms with van der Waals surface area (Å²) >= 11 is 5.92. The molecule has 1 rings (SSSR count). The van der Waals surface area contributed by atoms with Gasteiger partial charge in [-0.15, -0.1) is 0 Å². The van der Waals surface area contributed by atoms with Gasteiger partial charge >= 0.3 is 5.97 Å². The lowest BCUT2D eigenvalue weighted by Crippen LogP contribution is -2.41. The zero-order valence-corrected chi connectivity index (χ0v) is 12.9. The SMILES string of the molecule is C/C=C/CC(NC(=O)c1nc(C(C)C)ncc1Cl)C(=O)O. The summed E-state index contributed by atoms with van der Waals surface area (Å²) in [6, 6.07) is -1.03. The van der Waals surface area contributed by atoms with Crippen molar-refractivity contribution in [2.45, 2.75) is 39.2 Å². The molecule has 1 aromatic heterocycles. The molecule has 1 atom stereocenters. The van der Waals surface area contributed by atoms with E-state index in [0.717, 1.165) is 0 Å². The summed E-state index contributed by atoms with van der Waals surface area (Å²) in [5, 5.41) is 11.6. The molecule has 0 saturated heterocycles. The van der Waals surface area contributed by atoms with Gasteiger partial charge in [-0.05, 0) is 13.3 Å². The Morgan fingerprint density at radius 2 is 2.14 bits per heavy atom. The van der Waals surface area contributed by atoms with Crippen LogP contribution in [-0.2, 0) is 4.79 Å². The number of amides is 1. The van der Waals surface area contributed by atoms with E-state index in [0.29, 0.717) is 5.82 Å². The largest absolute Gasteiger partial charge is 0.480 e. The molecular formula is C14H18ClN3O3. The fraction of sp³-hybridized carbons (Fsp3) is 0.429. The van der Waals surface area contributed by atoms with Crippen molar-refractivity contribution in [3.05, 3.63) is 34.9 Å². The van der Waals surface area contributed by atoms with Crippen LogP contribution in [0.5, 0.6) is 0 Å². The quantitative estimate of drug-likeness (QED) is 0.787. The highest BCUT2D eigenvalue weighted by molar-refractivity contribution is 6.33. The Hall–Kier alpha value is -1.95. The maximum Gasteiger partial charge on any atom is 0.326 e. The minimum absolute atomic E-state index is 0.0119. The smallest absolute Gasteiger partial charge is 0.326 e. The van der Waals surface area contributed by atoms with Gasteiger partial charge in [-0.25, -0.2) is 14.8 Å². The molecule has 0 radical (unpaired) electrons. The first-order valence-electron chi connectivity index (χ1n) is 6.54. The first-order chi connectivity index (χ1) is 9.86. The molecule has 1 amide bonds. The zero-order valence-electron chi connectivity index (χ0n) is 12.1. The van der Waals surface area contributed by atoms with E-state index in [1.807, 2.05) is 13.8 Å². The van der Waals surface area contributed by atoms with Crippen molar-refractivity contribution in [2.24, 2.45) is 0 Å². The fourth-order valence-electron chi connectivity index (χ4n) is 1.54. The van der Waals surface area contributed by atoms with Gasteiger partial charge in [-0.1, -0.05) is 37.6 Å². The standard InChI is InChI=1S/C14H18ClN3O3/c1-4-5-6-10(14(20)21)17-13(19)11-9(15)7-16-12(18-11)8(2)3/h4-5,7-8,10H,6H2,1-3H3,(H,17,19)(H,20,21)/b5-4+. The monoisotopic (exact) mass is 311 g/mol. The molecular weight excluding hydrogens is 294 g/mol. The highest BCUT2D eigenvalue weighted by Gasteiger charge is 2.22. The average molecular weight is 312 g/mol. The topological polar surface area (TPSA) is 92.2 Å².